The molecule has 0 bridgehead atoms. The van der Waals surface area contributed by atoms with Gasteiger partial charge in [-0.3, -0.25) is 9.59 Å². The zero-order valence-corrected chi connectivity index (χ0v) is 17.8. The highest BCUT2D eigenvalue weighted by Gasteiger charge is 2.26. The van der Waals surface area contributed by atoms with E-state index in [2.05, 4.69) is 21.2 Å². The van der Waals surface area contributed by atoms with Crippen molar-refractivity contribution in [2.75, 3.05) is 6.54 Å². The lowest BCUT2D eigenvalue weighted by Crippen LogP contribution is -2.48. The highest BCUT2D eigenvalue weighted by molar-refractivity contribution is 9.10. The van der Waals surface area contributed by atoms with E-state index in [0.29, 0.717) is 12.1 Å². The molecule has 0 radical (unpaired) electrons. The second-order valence-corrected chi connectivity index (χ2v) is 7.65. The van der Waals surface area contributed by atoms with E-state index in [4.69, 9.17) is 0 Å². The highest BCUT2D eigenvalue weighted by Crippen LogP contribution is 2.16. The maximum atomic E-state index is 14.0. The van der Waals surface area contributed by atoms with Gasteiger partial charge in [0.2, 0.25) is 11.8 Å². The summed E-state index contributed by atoms with van der Waals surface area (Å²) in [5.74, 6) is -0.905. The first-order chi connectivity index (χ1) is 13.4. The summed E-state index contributed by atoms with van der Waals surface area (Å²) < 4.78 is 14.9. The van der Waals surface area contributed by atoms with Gasteiger partial charge in [-0.05, 0) is 42.7 Å². The van der Waals surface area contributed by atoms with E-state index < -0.39 is 11.9 Å². The standard InChI is InChI=1S/C22H26BrFN2O2/c1-3-4-13-25-22(28)16(2)26(15-17-9-11-19(23)12-10-17)21(27)14-18-7-5-6-8-20(18)24/h5-12,16H,3-4,13-15H2,1-2H3,(H,25,28)/t16-/m1/s1. The van der Waals surface area contributed by atoms with E-state index in [9.17, 15) is 14.0 Å². The van der Waals surface area contributed by atoms with Crippen LogP contribution >= 0.6 is 15.9 Å². The van der Waals surface area contributed by atoms with Crippen LogP contribution in [0.2, 0.25) is 0 Å². The average molecular weight is 449 g/mol. The molecule has 0 spiro atoms. The Labute approximate surface area is 174 Å². The normalized spacial score (nSPS) is 11.7. The van der Waals surface area contributed by atoms with Crippen LogP contribution in [0.25, 0.3) is 0 Å². The number of benzene rings is 2. The van der Waals surface area contributed by atoms with Gasteiger partial charge in [-0.25, -0.2) is 4.39 Å². The van der Waals surface area contributed by atoms with E-state index in [1.54, 1.807) is 25.1 Å². The Bertz CT molecular complexity index is 795. The summed E-state index contributed by atoms with van der Waals surface area (Å²) in [7, 11) is 0. The van der Waals surface area contributed by atoms with Crippen molar-refractivity contribution in [3.63, 3.8) is 0 Å². The molecule has 1 atom stereocenters. The fourth-order valence-electron chi connectivity index (χ4n) is 2.81. The molecule has 2 rings (SSSR count). The highest BCUT2D eigenvalue weighted by atomic mass is 79.9. The molecule has 0 unspecified atom stereocenters. The quantitative estimate of drug-likeness (QED) is 0.575. The maximum Gasteiger partial charge on any atom is 0.242 e. The third-order valence-electron chi connectivity index (χ3n) is 4.56. The van der Waals surface area contributed by atoms with Crippen LogP contribution in [-0.4, -0.2) is 29.3 Å². The third kappa shape index (κ3) is 6.44. The number of carbonyl (C=O) groups excluding carboxylic acids is 2. The summed E-state index contributed by atoms with van der Waals surface area (Å²) in [4.78, 5) is 27.0. The molecule has 4 nitrogen and oxygen atoms in total. The molecule has 0 aliphatic rings. The largest absolute Gasteiger partial charge is 0.354 e. The van der Waals surface area contributed by atoms with Crippen molar-refractivity contribution in [3.05, 3.63) is 69.9 Å². The van der Waals surface area contributed by atoms with Crippen LogP contribution in [0.4, 0.5) is 4.39 Å². The van der Waals surface area contributed by atoms with Crippen molar-refractivity contribution < 1.29 is 14.0 Å². The molecule has 28 heavy (non-hydrogen) atoms. The summed E-state index contributed by atoms with van der Waals surface area (Å²) >= 11 is 3.39. The first kappa shape index (κ1) is 22.1. The Balaban J connectivity index is 2.18. The molecule has 1 N–H and O–H groups in total. The number of rotatable bonds is 9. The van der Waals surface area contributed by atoms with Gasteiger partial charge in [0.05, 0.1) is 6.42 Å². The number of halogens is 2. The predicted octanol–water partition coefficient (Wildman–Crippen LogP) is 4.46. The van der Waals surface area contributed by atoms with Gasteiger partial charge in [-0.2, -0.15) is 0 Å². The minimum absolute atomic E-state index is 0.0875. The maximum absolute atomic E-state index is 14.0. The lowest BCUT2D eigenvalue weighted by Gasteiger charge is -2.29. The first-order valence-corrected chi connectivity index (χ1v) is 10.3. The predicted molar refractivity (Wildman–Crippen MR) is 112 cm³/mol. The number of carbonyl (C=O) groups is 2. The van der Waals surface area contributed by atoms with Gasteiger partial charge in [0, 0.05) is 17.6 Å². The summed E-state index contributed by atoms with van der Waals surface area (Å²) in [6.07, 6.45) is 1.77. The molecule has 6 heteroatoms. The monoisotopic (exact) mass is 448 g/mol. The lowest BCUT2D eigenvalue weighted by atomic mass is 10.1. The molecule has 150 valence electrons. The van der Waals surface area contributed by atoms with Crippen molar-refractivity contribution in [3.8, 4) is 0 Å². The van der Waals surface area contributed by atoms with Crippen LogP contribution in [0.1, 0.15) is 37.8 Å². The first-order valence-electron chi connectivity index (χ1n) is 9.47. The molecule has 0 aliphatic carbocycles. The summed E-state index contributed by atoms with van der Waals surface area (Å²) in [5.41, 5.74) is 1.23. The van der Waals surface area contributed by atoms with Crippen LogP contribution in [0.3, 0.4) is 0 Å². The zero-order valence-electron chi connectivity index (χ0n) is 16.3. The van der Waals surface area contributed by atoms with Crippen LogP contribution in [-0.2, 0) is 22.6 Å². The molecule has 2 aromatic rings. The van der Waals surface area contributed by atoms with Crippen molar-refractivity contribution in [2.45, 2.75) is 45.7 Å². The molecule has 2 amide bonds. The average Bonchev–Trinajstić information content (AvgIpc) is 2.68. The van der Waals surface area contributed by atoms with Crippen LogP contribution in [0.15, 0.2) is 53.0 Å². The van der Waals surface area contributed by atoms with Crippen molar-refractivity contribution in [1.29, 1.82) is 0 Å². The Morgan fingerprint density at radius 3 is 2.46 bits per heavy atom. The number of nitrogens with zero attached hydrogens (tertiary/aromatic N) is 1. The molecular formula is C22H26BrFN2O2. The molecule has 0 heterocycles. The summed E-state index contributed by atoms with van der Waals surface area (Å²) in [5, 5.41) is 2.87. The van der Waals surface area contributed by atoms with Crippen molar-refractivity contribution >= 4 is 27.7 Å². The van der Waals surface area contributed by atoms with Gasteiger partial charge in [-0.15, -0.1) is 0 Å². The molecule has 0 saturated carbocycles. The van der Waals surface area contributed by atoms with Gasteiger partial charge >= 0.3 is 0 Å². The van der Waals surface area contributed by atoms with Gasteiger partial charge < -0.3 is 10.2 Å². The molecule has 2 aromatic carbocycles. The SMILES string of the molecule is CCCCNC(=O)[C@@H](C)N(Cc1ccc(Br)cc1)C(=O)Cc1ccccc1F. The van der Waals surface area contributed by atoms with E-state index >= 15 is 0 Å². The molecule has 0 aliphatic heterocycles. The van der Waals surface area contributed by atoms with Gasteiger partial charge in [0.25, 0.3) is 0 Å². The fourth-order valence-corrected chi connectivity index (χ4v) is 3.08. The summed E-state index contributed by atoms with van der Waals surface area (Å²) in [6.45, 7) is 4.61. The topological polar surface area (TPSA) is 49.4 Å². The number of unbranched alkanes of at least 4 members (excludes halogenated alkanes) is 1. The summed E-state index contributed by atoms with van der Waals surface area (Å²) in [6, 6.07) is 13.1. The van der Waals surface area contributed by atoms with E-state index in [-0.39, 0.29) is 24.8 Å². The lowest BCUT2D eigenvalue weighted by molar-refractivity contribution is -0.140. The number of hydrogen-bond donors (Lipinski definition) is 1. The van der Waals surface area contributed by atoms with Crippen LogP contribution in [0, 0.1) is 5.82 Å². The Morgan fingerprint density at radius 2 is 1.82 bits per heavy atom. The zero-order chi connectivity index (χ0) is 20.5. The van der Waals surface area contributed by atoms with E-state index in [1.807, 2.05) is 31.2 Å². The third-order valence-corrected chi connectivity index (χ3v) is 5.09. The Morgan fingerprint density at radius 1 is 1.14 bits per heavy atom. The smallest absolute Gasteiger partial charge is 0.242 e. The number of nitrogens with one attached hydrogen (secondary N) is 1. The Kier molecular flexibility index (Phi) is 8.64. The van der Waals surface area contributed by atoms with E-state index in [0.717, 1.165) is 22.9 Å². The van der Waals surface area contributed by atoms with Crippen molar-refractivity contribution in [2.24, 2.45) is 0 Å². The van der Waals surface area contributed by atoms with Crippen LogP contribution in [0.5, 0.6) is 0 Å². The molecular weight excluding hydrogens is 423 g/mol. The molecule has 0 fully saturated rings. The van der Waals surface area contributed by atoms with Gasteiger partial charge in [0.15, 0.2) is 0 Å². The number of amides is 2. The minimum Gasteiger partial charge on any atom is -0.354 e. The minimum atomic E-state index is -0.653. The fraction of sp³-hybridized carbons (Fsp3) is 0.364. The molecule has 0 aromatic heterocycles. The molecule has 0 saturated heterocycles. The second kappa shape index (κ2) is 11.0. The van der Waals surface area contributed by atoms with Crippen LogP contribution < -0.4 is 5.32 Å². The number of hydrogen-bond acceptors (Lipinski definition) is 2. The van der Waals surface area contributed by atoms with E-state index in [1.165, 1.54) is 11.0 Å². The van der Waals surface area contributed by atoms with Crippen molar-refractivity contribution in [1.82, 2.24) is 10.2 Å². The van der Waals surface area contributed by atoms with Gasteiger partial charge in [-0.1, -0.05) is 59.6 Å². The van der Waals surface area contributed by atoms with Gasteiger partial charge in [0.1, 0.15) is 11.9 Å². The Hall–Kier alpha value is -2.21. The second-order valence-electron chi connectivity index (χ2n) is 6.74.